The average molecular weight is 276 g/mol. The van der Waals surface area contributed by atoms with Crippen LogP contribution in [0.2, 0.25) is 0 Å². The minimum atomic E-state index is 0.132. The molecule has 4 nitrogen and oxygen atoms in total. The van der Waals surface area contributed by atoms with Crippen molar-refractivity contribution in [3.8, 4) is 17.6 Å². The topological polar surface area (TPSA) is 54.3 Å². The molecule has 0 unspecified atom stereocenters. The highest BCUT2D eigenvalue weighted by Crippen LogP contribution is 2.28. The molecule has 0 heterocycles. The Morgan fingerprint density at radius 3 is 2.70 bits per heavy atom. The number of methoxy groups -OCH3 is 1. The second-order valence-electron chi connectivity index (χ2n) is 4.94. The number of benzene rings is 1. The molecular weight excluding hydrogens is 252 g/mol. The normalized spacial score (nSPS) is 10.3. The second-order valence-corrected chi connectivity index (χ2v) is 4.94. The summed E-state index contributed by atoms with van der Waals surface area (Å²) in [6.07, 6.45) is 2.75. The summed E-state index contributed by atoms with van der Waals surface area (Å²) in [5, 5.41) is 11.8. The van der Waals surface area contributed by atoms with Crippen molar-refractivity contribution in [2.24, 2.45) is 0 Å². The third-order valence-electron chi connectivity index (χ3n) is 2.81. The van der Waals surface area contributed by atoms with E-state index in [9.17, 15) is 0 Å². The molecule has 0 spiro atoms. The zero-order valence-electron chi connectivity index (χ0n) is 12.6. The minimum absolute atomic E-state index is 0.132. The molecule has 0 aliphatic rings. The fraction of sp³-hybridized carbons (Fsp3) is 0.562. The van der Waals surface area contributed by atoms with E-state index in [1.807, 2.05) is 32.0 Å². The number of nitrogens with one attached hydrogen (secondary N) is 1. The number of nitriles is 1. The van der Waals surface area contributed by atoms with Crippen LogP contribution in [-0.4, -0.2) is 19.8 Å². The first kappa shape index (κ1) is 16.3. The van der Waals surface area contributed by atoms with Gasteiger partial charge in [-0.2, -0.15) is 5.26 Å². The third kappa shape index (κ3) is 5.94. The fourth-order valence-electron chi connectivity index (χ4n) is 1.86. The van der Waals surface area contributed by atoms with Crippen LogP contribution in [0.4, 0.5) is 0 Å². The lowest BCUT2D eigenvalue weighted by molar-refractivity contribution is 0.230. The van der Waals surface area contributed by atoms with Gasteiger partial charge in [0.05, 0.1) is 19.3 Å². The fourth-order valence-corrected chi connectivity index (χ4v) is 1.86. The smallest absolute Gasteiger partial charge is 0.161 e. The lowest BCUT2D eigenvalue weighted by Gasteiger charge is -2.14. The van der Waals surface area contributed by atoms with Crippen LogP contribution in [-0.2, 0) is 6.54 Å². The monoisotopic (exact) mass is 276 g/mol. The van der Waals surface area contributed by atoms with Crippen molar-refractivity contribution < 1.29 is 9.47 Å². The zero-order chi connectivity index (χ0) is 14.8. The largest absolute Gasteiger partial charge is 0.493 e. The molecule has 0 saturated carbocycles. The number of rotatable bonds is 9. The molecule has 0 bridgehead atoms. The maximum atomic E-state index is 8.45. The molecule has 110 valence electrons. The molecule has 20 heavy (non-hydrogen) atoms. The number of nitrogens with zero attached hydrogens (tertiary/aromatic N) is 1. The van der Waals surface area contributed by atoms with Crippen molar-refractivity contribution in [3.63, 3.8) is 0 Å². The molecule has 1 aromatic carbocycles. The van der Waals surface area contributed by atoms with Gasteiger partial charge in [-0.15, -0.1) is 0 Å². The van der Waals surface area contributed by atoms with Gasteiger partial charge in [-0.1, -0.05) is 6.07 Å². The van der Waals surface area contributed by atoms with Crippen LogP contribution in [0, 0.1) is 11.3 Å². The van der Waals surface area contributed by atoms with E-state index in [1.54, 1.807) is 7.11 Å². The first-order valence-electron chi connectivity index (χ1n) is 7.08. The molecule has 0 radical (unpaired) electrons. The summed E-state index contributed by atoms with van der Waals surface area (Å²) in [4.78, 5) is 0. The lowest BCUT2D eigenvalue weighted by Crippen LogP contribution is -2.14. The zero-order valence-corrected chi connectivity index (χ0v) is 12.6. The molecule has 0 fully saturated rings. The van der Waals surface area contributed by atoms with Gasteiger partial charge in [0.15, 0.2) is 11.5 Å². The van der Waals surface area contributed by atoms with Crippen LogP contribution in [0.5, 0.6) is 11.5 Å². The summed E-state index contributed by atoms with van der Waals surface area (Å²) >= 11 is 0. The number of unbranched alkanes of at least 4 members (excludes halogenated alkanes) is 2. The van der Waals surface area contributed by atoms with Crippen LogP contribution >= 0.6 is 0 Å². The summed E-state index contributed by atoms with van der Waals surface area (Å²) < 4.78 is 11.0. The van der Waals surface area contributed by atoms with Crippen LogP contribution in [0.1, 0.15) is 38.7 Å². The van der Waals surface area contributed by atoms with Gasteiger partial charge in [0, 0.05) is 13.0 Å². The molecule has 0 aliphatic heterocycles. The van der Waals surface area contributed by atoms with Crippen molar-refractivity contribution in [2.45, 2.75) is 45.8 Å². The van der Waals surface area contributed by atoms with Gasteiger partial charge in [-0.25, -0.2) is 0 Å². The quantitative estimate of drug-likeness (QED) is 0.703. The van der Waals surface area contributed by atoms with Gasteiger partial charge < -0.3 is 14.8 Å². The summed E-state index contributed by atoms with van der Waals surface area (Å²) in [7, 11) is 1.65. The Labute approximate surface area is 121 Å². The van der Waals surface area contributed by atoms with Crippen LogP contribution in [0.25, 0.3) is 0 Å². The summed E-state index contributed by atoms with van der Waals surface area (Å²) in [6, 6.07) is 8.15. The maximum Gasteiger partial charge on any atom is 0.161 e. The Bertz CT molecular complexity index is 439. The number of ether oxygens (including phenoxy) is 2. The van der Waals surface area contributed by atoms with Gasteiger partial charge in [-0.3, -0.25) is 0 Å². The Balaban J connectivity index is 2.45. The highest BCUT2D eigenvalue weighted by atomic mass is 16.5. The van der Waals surface area contributed by atoms with E-state index in [0.29, 0.717) is 6.42 Å². The second kappa shape index (κ2) is 9.22. The van der Waals surface area contributed by atoms with Crippen molar-refractivity contribution in [3.05, 3.63) is 23.8 Å². The molecule has 4 heteroatoms. The highest BCUT2D eigenvalue weighted by Gasteiger charge is 2.07. The van der Waals surface area contributed by atoms with Gasteiger partial charge in [0.1, 0.15) is 0 Å². The highest BCUT2D eigenvalue weighted by molar-refractivity contribution is 5.43. The molecule has 1 N–H and O–H groups in total. The molecule has 1 aromatic rings. The predicted molar refractivity (Wildman–Crippen MR) is 79.9 cm³/mol. The first-order valence-corrected chi connectivity index (χ1v) is 7.08. The van der Waals surface area contributed by atoms with E-state index in [0.717, 1.165) is 37.4 Å². The van der Waals surface area contributed by atoms with Gasteiger partial charge in [0.2, 0.25) is 0 Å². The van der Waals surface area contributed by atoms with Gasteiger partial charge >= 0.3 is 0 Å². The van der Waals surface area contributed by atoms with E-state index >= 15 is 0 Å². The van der Waals surface area contributed by atoms with E-state index in [2.05, 4.69) is 11.4 Å². The van der Waals surface area contributed by atoms with E-state index in [4.69, 9.17) is 14.7 Å². The number of hydrogen-bond acceptors (Lipinski definition) is 4. The summed E-state index contributed by atoms with van der Waals surface area (Å²) in [5.74, 6) is 1.54. The molecule has 0 aliphatic carbocycles. The van der Waals surface area contributed by atoms with Crippen molar-refractivity contribution >= 4 is 0 Å². The van der Waals surface area contributed by atoms with Gasteiger partial charge in [-0.05, 0) is 50.9 Å². The van der Waals surface area contributed by atoms with Crippen molar-refractivity contribution in [2.75, 3.05) is 13.7 Å². The standard InChI is InChI=1S/C16H24N2O2/c1-13(2)20-15-8-7-14(11-16(15)19-3)12-18-10-6-4-5-9-17/h7-8,11,13,18H,4-6,10,12H2,1-3H3. The summed E-state index contributed by atoms with van der Waals surface area (Å²) in [6.45, 7) is 5.71. The lowest BCUT2D eigenvalue weighted by atomic mass is 10.2. The first-order chi connectivity index (χ1) is 9.67. The van der Waals surface area contributed by atoms with Crippen molar-refractivity contribution in [1.29, 1.82) is 5.26 Å². The predicted octanol–water partition coefficient (Wildman–Crippen LogP) is 3.27. The average Bonchev–Trinajstić information content (AvgIpc) is 2.43. The van der Waals surface area contributed by atoms with E-state index < -0.39 is 0 Å². The summed E-state index contributed by atoms with van der Waals surface area (Å²) in [5.41, 5.74) is 1.17. The molecule has 0 saturated heterocycles. The van der Waals surface area contributed by atoms with E-state index in [-0.39, 0.29) is 6.10 Å². The van der Waals surface area contributed by atoms with Crippen molar-refractivity contribution in [1.82, 2.24) is 5.32 Å². The Morgan fingerprint density at radius 2 is 2.05 bits per heavy atom. The molecule has 1 rings (SSSR count). The van der Waals surface area contributed by atoms with Crippen LogP contribution in [0.15, 0.2) is 18.2 Å². The Kier molecular flexibility index (Phi) is 7.52. The maximum absolute atomic E-state index is 8.45. The van der Waals surface area contributed by atoms with Crippen LogP contribution in [0.3, 0.4) is 0 Å². The molecule has 0 amide bonds. The van der Waals surface area contributed by atoms with Crippen LogP contribution < -0.4 is 14.8 Å². The third-order valence-corrected chi connectivity index (χ3v) is 2.81. The molecular formula is C16H24N2O2. The SMILES string of the molecule is COc1cc(CNCCCCC#N)ccc1OC(C)C. The van der Waals surface area contributed by atoms with Gasteiger partial charge in [0.25, 0.3) is 0 Å². The van der Waals surface area contributed by atoms with E-state index in [1.165, 1.54) is 5.56 Å². The molecule has 0 aromatic heterocycles. The Morgan fingerprint density at radius 1 is 1.25 bits per heavy atom. The molecule has 0 atom stereocenters. The minimum Gasteiger partial charge on any atom is -0.493 e. The Hall–Kier alpha value is -1.73. The number of hydrogen-bond donors (Lipinski definition) is 1.